The number of hydrogen-bond acceptors (Lipinski definition) is 6. The van der Waals surface area contributed by atoms with Gasteiger partial charge in [-0.05, 0) is 56.2 Å². The molecule has 4 amide bonds. The Morgan fingerprint density at radius 2 is 1.55 bits per heavy atom. The molecule has 1 aliphatic heterocycles. The Hall–Kier alpha value is -2.95. The van der Waals surface area contributed by atoms with Gasteiger partial charge in [-0.25, -0.2) is 14.8 Å². The Morgan fingerprint density at radius 3 is 2.21 bits per heavy atom. The SMILES string of the molecule is Cl.Cl.NCCCCCC(=O)NC1CCN(C(=O)Nc2nccnc2C(=O)NC2Cc3ccccc3C2)CC1. The summed E-state index contributed by atoms with van der Waals surface area (Å²) < 4.78 is 0. The van der Waals surface area contributed by atoms with Gasteiger partial charge in [0.1, 0.15) is 0 Å². The summed E-state index contributed by atoms with van der Waals surface area (Å²) in [6, 6.07) is 7.87. The second-order valence-electron chi connectivity index (χ2n) is 9.46. The Kier molecular flexibility index (Phi) is 12.7. The van der Waals surface area contributed by atoms with Gasteiger partial charge < -0.3 is 21.3 Å². The lowest BCUT2D eigenvalue weighted by atomic mass is 10.0. The normalized spacial score (nSPS) is 15.0. The molecule has 1 aliphatic carbocycles. The molecular formula is C26H37Cl2N7O3. The van der Waals surface area contributed by atoms with Crippen LogP contribution in [0.3, 0.4) is 0 Å². The molecule has 1 aromatic carbocycles. The molecule has 38 heavy (non-hydrogen) atoms. The summed E-state index contributed by atoms with van der Waals surface area (Å²) in [7, 11) is 0. The second kappa shape index (κ2) is 15.5. The molecule has 10 nitrogen and oxygen atoms in total. The highest BCUT2D eigenvalue weighted by Crippen LogP contribution is 2.22. The maximum Gasteiger partial charge on any atom is 0.323 e. The van der Waals surface area contributed by atoms with E-state index in [4.69, 9.17) is 5.73 Å². The minimum Gasteiger partial charge on any atom is -0.353 e. The first-order valence-corrected chi connectivity index (χ1v) is 12.8. The molecule has 0 spiro atoms. The van der Waals surface area contributed by atoms with Gasteiger partial charge in [-0.2, -0.15) is 0 Å². The first kappa shape index (κ1) is 31.3. The summed E-state index contributed by atoms with van der Waals surface area (Å²) in [6.45, 7) is 1.66. The van der Waals surface area contributed by atoms with E-state index >= 15 is 0 Å². The number of nitrogens with zero attached hydrogens (tertiary/aromatic N) is 3. The quantitative estimate of drug-likeness (QED) is 0.344. The standard InChI is InChI=1S/C26H35N7O3.2ClH/c27-11-5-1-2-8-22(34)30-20-9-14-33(15-10-20)26(36)32-24-23(28-12-13-29-24)25(35)31-21-16-18-6-3-4-7-19(18)17-21;;/h3-4,6-7,12-13,20-21H,1-2,5,8-11,14-17,27H2,(H,30,34)(H,31,35)(H,29,32,36);2*1H. The maximum atomic E-state index is 13.0. The van der Waals surface area contributed by atoms with Crippen LogP contribution in [0.2, 0.25) is 0 Å². The average Bonchev–Trinajstić information content (AvgIpc) is 3.29. The van der Waals surface area contributed by atoms with Crippen molar-refractivity contribution in [3.05, 3.63) is 53.5 Å². The van der Waals surface area contributed by atoms with E-state index in [0.29, 0.717) is 38.9 Å². The number of nitrogens with one attached hydrogen (secondary N) is 3. The molecule has 5 N–H and O–H groups in total. The Bertz CT molecular complexity index is 1060. The molecule has 2 aromatic rings. The third kappa shape index (κ3) is 8.54. The minimum atomic E-state index is -0.357. The number of hydrogen-bond donors (Lipinski definition) is 4. The number of aromatic nitrogens is 2. The molecule has 4 rings (SSSR count). The number of likely N-dealkylation sites (tertiary alicyclic amines) is 1. The monoisotopic (exact) mass is 565 g/mol. The number of benzene rings is 1. The fourth-order valence-electron chi connectivity index (χ4n) is 4.82. The Morgan fingerprint density at radius 1 is 0.895 bits per heavy atom. The van der Waals surface area contributed by atoms with E-state index in [1.807, 2.05) is 12.1 Å². The van der Waals surface area contributed by atoms with Crippen molar-refractivity contribution in [2.45, 2.75) is 63.5 Å². The van der Waals surface area contributed by atoms with Crippen LogP contribution in [0.15, 0.2) is 36.7 Å². The van der Waals surface area contributed by atoms with E-state index in [2.05, 4.69) is 38.1 Å². The van der Waals surface area contributed by atoms with Crippen molar-refractivity contribution in [1.82, 2.24) is 25.5 Å². The number of unbranched alkanes of at least 4 members (excludes halogenated alkanes) is 2. The molecule has 1 aromatic heterocycles. The molecule has 208 valence electrons. The minimum absolute atomic E-state index is 0. The van der Waals surface area contributed by atoms with Gasteiger partial charge in [0.05, 0.1) is 0 Å². The van der Waals surface area contributed by atoms with Crippen molar-refractivity contribution in [2.75, 3.05) is 25.0 Å². The van der Waals surface area contributed by atoms with Crippen molar-refractivity contribution < 1.29 is 14.4 Å². The smallest absolute Gasteiger partial charge is 0.323 e. The van der Waals surface area contributed by atoms with Crippen LogP contribution in [0, 0.1) is 0 Å². The van der Waals surface area contributed by atoms with Crippen molar-refractivity contribution in [2.24, 2.45) is 5.73 Å². The van der Waals surface area contributed by atoms with Crippen molar-refractivity contribution in [3.63, 3.8) is 0 Å². The van der Waals surface area contributed by atoms with Crippen LogP contribution in [-0.4, -0.2) is 64.4 Å². The summed E-state index contributed by atoms with van der Waals surface area (Å²) in [6.07, 6.45) is 9.02. The average molecular weight is 567 g/mol. The van der Waals surface area contributed by atoms with Crippen LogP contribution < -0.4 is 21.7 Å². The highest BCUT2D eigenvalue weighted by molar-refractivity contribution is 6.00. The van der Waals surface area contributed by atoms with Crippen LogP contribution in [0.4, 0.5) is 10.6 Å². The number of amides is 4. The fourth-order valence-corrected chi connectivity index (χ4v) is 4.82. The highest BCUT2D eigenvalue weighted by atomic mass is 35.5. The number of piperidine rings is 1. The van der Waals surface area contributed by atoms with Crippen LogP contribution in [0.1, 0.15) is 60.1 Å². The molecule has 0 atom stereocenters. The number of nitrogens with two attached hydrogens (primary N) is 1. The van der Waals surface area contributed by atoms with Gasteiger partial charge in [0.2, 0.25) is 5.91 Å². The molecule has 1 fully saturated rings. The van der Waals surface area contributed by atoms with Gasteiger partial charge in [-0.3, -0.25) is 14.9 Å². The lowest BCUT2D eigenvalue weighted by Crippen LogP contribution is -2.48. The third-order valence-corrected chi connectivity index (χ3v) is 6.78. The second-order valence-corrected chi connectivity index (χ2v) is 9.46. The molecule has 2 heterocycles. The molecule has 0 radical (unpaired) electrons. The summed E-state index contributed by atoms with van der Waals surface area (Å²) in [5.41, 5.74) is 8.06. The van der Waals surface area contributed by atoms with E-state index in [-0.39, 0.29) is 66.3 Å². The molecule has 0 saturated carbocycles. The first-order valence-electron chi connectivity index (χ1n) is 12.8. The summed E-state index contributed by atoms with van der Waals surface area (Å²) >= 11 is 0. The van der Waals surface area contributed by atoms with Gasteiger partial charge >= 0.3 is 6.03 Å². The van der Waals surface area contributed by atoms with Crippen LogP contribution >= 0.6 is 24.8 Å². The van der Waals surface area contributed by atoms with E-state index < -0.39 is 0 Å². The Balaban J connectivity index is 0.00000253. The number of carbonyl (C=O) groups is 3. The highest BCUT2D eigenvalue weighted by Gasteiger charge is 2.27. The summed E-state index contributed by atoms with van der Waals surface area (Å²) in [5, 5.41) is 8.85. The predicted octanol–water partition coefficient (Wildman–Crippen LogP) is 2.85. The lowest BCUT2D eigenvalue weighted by molar-refractivity contribution is -0.122. The third-order valence-electron chi connectivity index (χ3n) is 6.78. The van der Waals surface area contributed by atoms with Crippen molar-refractivity contribution in [1.29, 1.82) is 0 Å². The van der Waals surface area contributed by atoms with E-state index in [9.17, 15) is 14.4 Å². The van der Waals surface area contributed by atoms with Gasteiger partial charge in [0, 0.05) is 44.0 Å². The van der Waals surface area contributed by atoms with Crippen LogP contribution in [0.25, 0.3) is 0 Å². The summed E-state index contributed by atoms with van der Waals surface area (Å²) in [5.74, 6) is -0.164. The number of anilines is 1. The van der Waals surface area contributed by atoms with E-state index in [0.717, 1.165) is 32.1 Å². The maximum absolute atomic E-state index is 13.0. The number of rotatable bonds is 9. The zero-order valence-electron chi connectivity index (χ0n) is 21.4. The topological polar surface area (TPSA) is 142 Å². The molecular weight excluding hydrogens is 529 g/mol. The van der Waals surface area contributed by atoms with Crippen molar-refractivity contribution >= 4 is 48.5 Å². The fraction of sp³-hybridized carbons (Fsp3) is 0.500. The number of carbonyl (C=O) groups excluding carboxylic acids is 3. The number of halogens is 2. The van der Waals surface area contributed by atoms with Gasteiger partial charge in [-0.15, -0.1) is 24.8 Å². The van der Waals surface area contributed by atoms with Gasteiger partial charge in [-0.1, -0.05) is 30.7 Å². The molecule has 12 heteroatoms. The predicted molar refractivity (Wildman–Crippen MR) is 151 cm³/mol. The molecule has 0 unspecified atom stereocenters. The lowest BCUT2D eigenvalue weighted by Gasteiger charge is -2.32. The first-order chi connectivity index (χ1) is 17.5. The van der Waals surface area contributed by atoms with Crippen LogP contribution in [0.5, 0.6) is 0 Å². The zero-order chi connectivity index (χ0) is 25.3. The van der Waals surface area contributed by atoms with Gasteiger partial charge in [0.15, 0.2) is 11.5 Å². The molecule has 1 saturated heterocycles. The van der Waals surface area contributed by atoms with E-state index in [1.165, 1.54) is 23.5 Å². The van der Waals surface area contributed by atoms with E-state index in [1.54, 1.807) is 4.90 Å². The Labute approximate surface area is 235 Å². The van der Waals surface area contributed by atoms with Gasteiger partial charge in [0.25, 0.3) is 5.91 Å². The molecule has 0 bridgehead atoms. The zero-order valence-corrected chi connectivity index (χ0v) is 23.0. The number of urea groups is 1. The molecule has 2 aliphatic rings. The van der Waals surface area contributed by atoms with Crippen molar-refractivity contribution in [3.8, 4) is 0 Å². The van der Waals surface area contributed by atoms with Crippen LogP contribution in [-0.2, 0) is 17.6 Å². The summed E-state index contributed by atoms with van der Waals surface area (Å²) in [4.78, 5) is 48.0. The largest absolute Gasteiger partial charge is 0.353 e. The number of fused-ring (bicyclic) bond motifs is 1.